The molecule has 1 aliphatic heterocycles. The van der Waals surface area contributed by atoms with E-state index < -0.39 is 71.0 Å². The molecule has 3 aromatic carbocycles. The third-order valence-corrected chi connectivity index (χ3v) is 6.45. The highest BCUT2D eigenvalue weighted by molar-refractivity contribution is 5.35. The lowest BCUT2D eigenvalue weighted by Gasteiger charge is -2.30. The minimum absolute atomic E-state index is 0.0869. The minimum atomic E-state index is -4.56. The average Bonchev–Trinajstić information content (AvgIpc) is 2.93. The Labute approximate surface area is 236 Å². The summed E-state index contributed by atoms with van der Waals surface area (Å²) >= 11 is 0. The van der Waals surface area contributed by atoms with Gasteiger partial charge >= 0.3 is 6.11 Å². The molecule has 12 heteroatoms. The molecule has 1 saturated heterocycles. The molecule has 4 rings (SSSR count). The molecular formula is C30H26F8O4. The Morgan fingerprint density at radius 3 is 2.07 bits per heavy atom. The van der Waals surface area contributed by atoms with Gasteiger partial charge in [0.2, 0.25) is 0 Å². The van der Waals surface area contributed by atoms with E-state index in [1.54, 1.807) is 0 Å². The number of rotatable bonds is 12. The van der Waals surface area contributed by atoms with Gasteiger partial charge in [-0.1, -0.05) is 12.5 Å². The Morgan fingerprint density at radius 1 is 0.833 bits per heavy atom. The first kappa shape index (κ1) is 31.3. The number of alkyl halides is 2. The van der Waals surface area contributed by atoms with Crippen LogP contribution in [0.3, 0.4) is 0 Å². The van der Waals surface area contributed by atoms with Crippen LogP contribution in [0.2, 0.25) is 0 Å². The van der Waals surface area contributed by atoms with Gasteiger partial charge in [0.05, 0.1) is 13.2 Å². The van der Waals surface area contributed by atoms with E-state index in [4.69, 9.17) is 14.2 Å². The molecule has 0 saturated carbocycles. The van der Waals surface area contributed by atoms with E-state index in [0.29, 0.717) is 30.3 Å². The fourth-order valence-electron chi connectivity index (χ4n) is 4.34. The first-order valence-corrected chi connectivity index (χ1v) is 12.9. The summed E-state index contributed by atoms with van der Waals surface area (Å²) in [5.74, 6) is -10.4. The summed E-state index contributed by atoms with van der Waals surface area (Å²) in [5, 5.41) is 0. The van der Waals surface area contributed by atoms with Crippen LogP contribution in [0.4, 0.5) is 35.1 Å². The van der Waals surface area contributed by atoms with E-state index >= 15 is 0 Å². The van der Waals surface area contributed by atoms with Gasteiger partial charge in [0.25, 0.3) is 0 Å². The predicted molar refractivity (Wildman–Crippen MR) is 135 cm³/mol. The van der Waals surface area contributed by atoms with Crippen LogP contribution < -0.4 is 9.47 Å². The lowest BCUT2D eigenvalue weighted by Crippen LogP contribution is -2.28. The second kappa shape index (κ2) is 13.6. The Balaban J connectivity index is 1.39. The first-order chi connectivity index (χ1) is 20.0. The molecule has 226 valence electrons. The van der Waals surface area contributed by atoms with Crippen LogP contribution >= 0.6 is 0 Å². The highest BCUT2D eigenvalue weighted by Crippen LogP contribution is 2.38. The zero-order valence-corrected chi connectivity index (χ0v) is 22.1. The zero-order chi connectivity index (χ0) is 30.4. The van der Waals surface area contributed by atoms with Crippen molar-refractivity contribution < 1.29 is 54.1 Å². The van der Waals surface area contributed by atoms with Gasteiger partial charge < -0.3 is 18.9 Å². The van der Waals surface area contributed by atoms with Gasteiger partial charge in [-0.15, -0.1) is 6.58 Å². The molecule has 0 unspecified atom stereocenters. The molecule has 0 radical (unpaired) electrons. The number of halogens is 8. The van der Waals surface area contributed by atoms with Gasteiger partial charge in [-0.05, 0) is 61.2 Å². The smallest absolute Gasteiger partial charge is 0.432 e. The van der Waals surface area contributed by atoms with Crippen LogP contribution in [0.1, 0.15) is 48.7 Å². The first-order valence-electron chi connectivity index (χ1n) is 12.9. The summed E-state index contributed by atoms with van der Waals surface area (Å²) in [7, 11) is 0. The summed E-state index contributed by atoms with van der Waals surface area (Å²) in [4.78, 5) is 0. The predicted octanol–water partition coefficient (Wildman–Crippen LogP) is 8.64. The molecule has 42 heavy (non-hydrogen) atoms. The van der Waals surface area contributed by atoms with Crippen molar-refractivity contribution in [3.63, 3.8) is 0 Å². The van der Waals surface area contributed by atoms with Gasteiger partial charge in [0.1, 0.15) is 29.6 Å². The molecule has 0 aromatic heterocycles. The third-order valence-electron chi connectivity index (χ3n) is 6.45. The summed E-state index contributed by atoms with van der Waals surface area (Å²) < 4.78 is 134. The Hall–Kier alpha value is -3.64. The molecule has 1 heterocycles. The lowest BCUT2D eigenvalue weighted by atomic mass is 10.0. The molecular weight excluding hydrogens is 576 g/mol. The molecule has 0 amide bonds. The minimum Gasteiger partial charge on any atom is -0.486 e. The Bertz CT molecular complexity index is 1360. The summed E-state index contributed by atoms with van der Waals surface area (Å²) in [6, 6.07) is 4.75. The molecule has 1 aliphatic rings. The van der Waals surface area contributed by atoms with Crippen molar-refractivity contribution in [2.75, 3.05) is 13.2 Å². The van der Waals surface area contributed by atoms with E-state index in [-0.39, 0.29) is 30.3 Å². The lowest BCUT2D eigenvalue weighted by molar-refractivity contribution is -0.206. The maximum Gasteiger partial charge on any atom is 0.432 e. The van der Waals surface area contributed by atoms with Crippen molar-refractivity contribution >= 4 is 0 Å². The second-order valence-corrected chi connectivity index (χ2v) is 9.67. The number of unbranched alkanes of at least 4 members (excludes halogenated alkanes) is 2. The summed E-state index contributed by atoms with van der Waals surface area (Å²) in [6.07, 6.45) is -0.279. The monoisotopic (exact) mass is 602 g/mol. The fraction of sp³-hybridized carbons (Fsp3) is 0.333. The van der Waals surface area contributed by atoms with Gasteiger partial charge in [0.15, 0.2) is 35.3 Å². The Morgan fingerprint density at radius 2 is 1.48 bits per heavy atom. The van der Waals surface area contributed by atoms with Crippen molar-refractivity contribution in [2.45, 2.75) is 44.7 Å². The third kappa shape index (κ3) is 7.60. The van der Waals surface area contributed by atoms with Gasteiger partial charge in [-0.2, -0.15) is 8.78 Å². The maximum atomic E-state index is 14.8. The van der Waals surface area contributed by atoms with Crippen LogP contribution in [0.25, 0.3) is 0 Å². The van der Waals surface area contributed by atoms with Crippen LogP contribution in [0.15, 0.2) is 55.1 Å². The van der Waals surface area contributed by atoms with Crippen molar-refractivity contribution in [3.05, 3.63) is 107 Å². The number of hydrogen-bond donors (Lipinski definition) is 0. The molecule has 0 N–H and O–H groups in total. The van der Waals surface area contributed by atoms with Crippen LogP contribution in [0, 0.1) is 40.8 Å². The van der Waals surface area contributed by atoms with Gasteiger partial charge in [0, 0.05) is 17.5 Å². The molecule has 4 nitrogen and oxygen atoms in total. The van der Waals surface area contributed by atoms with Crippen molar-refractivity contribution in [1.29, 1.82) is 0 Å². The number of allylic oxidation sites excluding steroid dienone is 1. The molecule has 0 atom stereocenters. The zero-order valence-electron chi connectivity index (χ0n) is 22.1. The van der Waals surface area contributed by atoms with Crippen molar-refractivity contribution in [3.8, 4) is 11.5 Å². The maximum absolute atomic E-state index is 14.8. The highest BCUT2D eigenvalue weighted by Gasteiger charge is 2.42. The normalized spacial score (nSPS) is 17.2. The summed E-state index contributed by atoms with van der Waals surface area (Å²) in [5.41, 5.74) is -2.01. The van der Waals surface area contributed by atoms with Crippen LogP contribution in [-0.4, -0.2) is 13.2 Å². The van der Waals surface area contributed by atoms with E-state index in [0.717, 1.165) is 37.8 Å². The van der Waals surface area contributed by atoms with Crippen LogP contribution in [-0.2, 0) is 22.2 Å². The standard InChI is InChI=1S/C30H26F8O4/c1-2-3-4-5-6-17-14-40-29(41-15-17)19-11-22(32)27(23(33)12-19)30(37,38)42-20-7-8-26(21(31)13-20)39-16-18-9-24(34)28(36)25(35)10-18/h2,7-13,17,29H,1,3-6,14-16H2. The van der Waals surface area contributed by atoms with Gasteiger partial charge in [-0.25, -0.2) is 26.3 Å². The highest BCUT2D eigenvalue weighted by atomic mass is 19.3. The van der Waals surface area contributed by atoms with E-state index in [1.165, 1.54) is 0 Å². The Kier molecular flexibility index (Phi) is 10.1. The van der Waals surface area contributed by atoms with Gasteiger partial charge in [-0.3, -0.25) is 0 Å². The molecule has 0 spiro atoms. The van der Waals surface area contributed by atoms with Crippen LogP contribution in [0.5, 0.6) is 11.5 Å². The van der Waals surface area contributed by atoms with E-state index in [2.05, 4.69) is 11.3 Å². The van der Waals surface area contributed by atoms with E-state index in [9.17, 15) is 35.1 Å². The van der Waals surface area contributed by atoms with Crippen molar-refractivity contribution in [1.82, 2.24) is 0 Å². The number of benzene rings is 3. The average molecular weight is 603 g/mol. The molecule has 1 fully saturated rings. The largest absolute Gasteiger partial charge is 0.486 e. The fourth-order valence-corrected chi connectivity index (χ4v) is 4.34. The van der Waals surface area contributed by atoms with E-state index in [1.807, 2.05) is 6.08 Å². The molecule has 0 aliphatic carbocycles. The second-order valence-electron chi connectivity index (χ2n) is 9.67. The summed E-state index contributed by atoms with van der Waals surface area (Å²) in [6.45, 7) is 3.61. The topological polar surface area (TPSA) is 36.9 Å². The SMILES string of the molecule is C=CCCCCC1COC(c2cc(F)c(C(F)(F)Oc3ccc(OCc4cc(F)c(F)c(F)c4)c(F)c3)c(F)c2)OC1. The molecule has 3 aromatic rings. The quantitative estimate of drug-likeness (QED) is 0.0901. The number of ether oxygens (including phenoxy) is 4. The molecule has 0 bridgehead atoms. The van der Waals surface area contributed by atoms with Crippen molar-refractivity contribution in [2.24, 2.45) is 5.92 Å². The number of hydrogen-bond acceptors (Lipinski definition) is 4.